The molecule has 0 radical (unpaired) electrons. The first kappa shape index (κ1) is 13.4. The number of hydrogen-bond acceptors (Lipinski definition) is 6. The van der Waals surface area contributed by atoms with Crippen LogP contribution in [0.3, 0.4) is 0 Å². The van der Waals surface area contributed by atoms with E-state index in [9.17, 15) is 0 Å². The summed E-state index contributed by atoms with van der Waals surface area (Å²) in [5, 5.41) is 3.15. The zero-order chi connectivity index (χ0) is 13.7. The second-order valence-corrected chi connectivity index (χ2v) is 4.10. The quantitative estimate of drug-likeness (QED) is 0.829. The van der Waals surface area contributed by atoms with E-state index in [-0.39, 0.29) is 0 Å². The third-order valence-electron chi connectivity index (χ3n) is 2.47. The highest BCUT2D eigenvalue weighted by atomic mass is 16.5. The van der Waals surface area contributed by atoms with Crippen LogP contribution in [0.15, 0.2) is 22.6 Å². The zero-order valence-electron chi connectivity index (χ0n) is 11.1. The first-order chi connectivity index (χ1) is 9.17. The molecule has 19 heavy (non-hydrogen) atoms. The van der Waals surface area contributed by atoms with Gasteiger partial charge >= 0.3 is 0 Å². The number of nitrogens with two attached hydrogens (primary N) is 1. The molecule has 2 aromatic heterocycles. The highest BCUT2D eigenvalue weighted by Gasteiger charge is 2.04. The van der Waals surface area contributed by atoms with E-state index in [1.54, 1.807) is 6.07 Å². The van der Waals surface area contributed by atoms with E-state index in [4.69, 9.17) is 14.9 Å². The maximum Gasteiger partial charge on any atom is 0.158 e. The molecule has 0 aliphatic rings. The van der Waals surface area contributed by atoms with Gasteiger partial charge in [-0.1, -0.05) is 0 Å². The lowest BCUT2D eigenvalue weighted by molar-refractivity contribution is 0.128. The molecule has 6 heteroatoms. The summed E-state index contributed by atoms with van der Waals surface area (Å²) >= 11 is 0. The number of ether oxygens (including phenoxy) is 1. The number of aryl methyl sites for hydroxylation is 1. The maximum atomic E-state index is 5.73. The Morgan fingerprint density at radius 1 is 1.37 bits per heavy atom. The van der Waals surface area contributed by atoms with E-state index in [2.05, 4.69) is 15.3 Å². The Hall–Kier alpha value is -2.08. The molecule has 0 aromatic carbocycles. The number of rotatable bonds is 6. The van der Waals surface area contributed by atoms with Crippen molar-refractivity contribution in [3.63, 3.8) is 0 Å². The average molecular weight is 262 g/mol. The average Bonchev–Trinajstić information content (AvgIpc) is 2.79. The summed E-state index contributed by atoms with van der Waals surface area (Å²) in [5.41, 5.74) is 5.73. The molecule has 2 rings (SSSR count). The molecular formula is C13H18N4O2. The predicted octanol–water partition coefficient (Wildman–Crippen LogP) is 2.11. The lowest BCUT2D eigenvalue weighted by Crippen LogP contribution is -2.07. The first-order valence-electron chi connectivity index (χ1n) is 6.17. The van der Waals surface area contributed by atoms with Crippen LogP contribution in [0.1, 0.15) is 24.3 Å². The van der Waals surface area contributed by atoms with Gasteiger partial charge in [-0.2, -0.15) is 0 Å². The number of furan rings is 1. The van der Waals surface area contributed by atoms with Crippen LogP contribution in [-0.2, 0) is 17.9 Å². The van der Waals surface area contributed by atoms with E-state index in [1.165, 1.54) is 0 Å². The number of nitrogens with zero attached hydrogens (tertiary/aromatic N) is 2. The third kappa shape index (κ3) is 3.96. The molecule has 3 N–H and O–H groups in total. The molecule has 6 nitrogen and oxygen atoms in total. The van der Waals surface area contributed by atoms with E-state index in [1.807, 2.05) is 26.0 Å². The van der Waals surface area contributed by atoms with Crippen molar-refractivity contribution in [1.29, 1.82) is 0 Å². The fraction of sp³-hybridized carbons (Fsp3) is 0.385. The number of nitrogen functional groups attached to an aromatic ring is 1. The van der Waals surface area contributed by atoms with Crippen LogP contribution in [0.2, 0.25) is 0 Å². The van der Waals surface area contributed by atoms with Crippen LogP contribution >= 0.6 is 0 Å². The zero-order valence-corrected chi connectivity index (χ0v) is 11.1. The molecule has 0 fully saturated rings. The van der Waals surface area contributed by atoms with Gasteiger partial charge in [-0.25, -0.2) is 9.97 Å². The molecule has 2 heterocycles. The minimum Gasteiger partial charge on any atom is -0.465 e. The normalized spacial score (nSPS) is 10.6. The highest BCUT2D eigenvalue weighted by Crippen LogP contribution is 2.12. The second kappa shape index (κ2) is 6.19. The smallest absolute Gasteiger partial charge is 0.158 e. The summed E-state index contributed by atoms with van der Waals surface area (Å²) in [6.07, 6.45) is 0. The van der Waals surface area contributed by atoms with Crippen molar-refractivity contribution in [2.24, 2.45) is 0 Å². The van der Waals surface area contributed by atoms with Gasteiger partial charge in [-0.15, -0.1) is 0 Å². The predicted molar refractivity (Wildman–Crippen MR) is 72.5 cm³/mol. The van der Waals surface area contributed by atoms with Crippen LogP contribution in [0.25, 0.3) is 0 Å². The summed E-state index contributed by atoms with van der Waals surface area (Å²) in [4.78, 5) is 8.43. The first-order valence-corrected chi connectivity index (χ1v) is 6.17. The minimum atomic E-state index is 0.357. The van der Waals surface area contributed by atoms with Gasteiger partial charge in [0, 0.05) is 12.7 Å². The Kier molecular flexibility index (Phi) is 4.35. The molecule has 0 amide bonds. The standard InChI is InChI=1S/C13H18N4O2/c1-3-18-8-13-16-11(14)6-12(17-13)15-7-10-5-4-9(2)19-10/h4-6H,3,7-8H2,1-2H3,(H3,14,15,16,17). The molecule has 102 valence electrons. The molecule has 0 spiro atoms. The minimum absolute atomic E-state index is 0.357. The number of nitrogens with one attached hydrogen (secondary N) is 1. The van der Waals surface area contributed by atoms with E-state index >= 15 is 0 Å². The fourth-order valence-electron chi connectivity index (χ4n) is 1.62. The molecule has 0 aliphatic carbocycles. The maximum absolute atomic E-state index is 5.73. The molecular weight excluding hydrogens is 244 g/mol. The molecule has 0 bridgehead atoms. The second-order valence-electron chi connectivity index (χ2n) is 4.10. The van der Waals surface area contributed by atoms with Crippen LogP contribution in [-0.4, -0.2) is 16.6 Å². The lowest BCUT2D eigenvalue weighted by Gasteiger charge is -2.07. The van der Waals surface area contributed by atoms with Gasteiger partial charge in [0.15, 0.2) is 5.82 Å². The van der Waals surface area contributed by atoms with Gasteiger partial charge in [0.1, 0.15) is 29.8 Å². The Morgan fingerprint density at radius 3 is 2.89 bits per heavy atom. The van der Waals surface area contributed by atoms with Crippen molar-refractivity contribution in [3.05, 3.63) is 35.5 Å². The van der Waals surface area contributed by atoms with Gasteiger partial charge in [-0.3, -0.25) is 0 Å². The van der Waals surface area contributed by atoms with Gasteiger partial charge in [0.2, 0.25) is 0 Å². The van der Waals surface area contributed by atoms with Gasteiger partial charge in [0.25, 0.3) is 0 Å². The van der Waals surface area contributed by atoms with Crippen LogP contribution in [0.4, 0.5) is 11.6 Å². The Labute approximate surface area is 112 Å². The van der Waals surface area contributed by atoms with Crippen molar-refractivity contribution in [2.75, 3.05) is 17.7 Å². The summed E-state index contributed by atoms with van der Waals surface area (Å²) in [6.45, 7) is 5.36. The molecule has 0 atom stereocenters. The van der Waals surface area contributed by atoms with Gasteiger partial charge in [0.05, 0.1) is 6.54 Å². The van der Waals surface area contributed by atoms with Gasteiger partial charge < -0.3 is 20.2 Å². The van der Waals surface area contributed by atoms with Crippen LogP contribution < -0.4 is 11.1 Å². The Balaban J connectivity index is 2.01. The molecule has 0 saturated carbocycles. The van der Waals surface area contributed by atoms with E-state index < -0.39 is 0 Å². The van der Waals surface area contributed by atoms with Crippen LogP contribution in [0, 0.1) is 6.92 Å². The highest BCUT2D eigenvalue weighted by molar-refractivity contribution is 5.44. The van der Waals surface area contributed by atoms with Crippen molar-refractivity contribution >= 4 is 11.6 Å². The van der Waals surface area contributed by atoms with E-state index in [0.29, 0.717) is 37.2 Å². The fourth-order valence-corrected chi connectivity index (χ4v) is 1.62. The number of aromatic nitrogens is 2. The number of anilines is 2. The molecule has 2 aromatic rings. The van der Waals surface area contributed by atoms with Crippen molar-refractivity contribution < 1.29 is 9.15 Å². The van der Waals surface area contributed by atoms with Crippen molar-refractivity contribution in [2.45, 2.75) is 27.0 Å². The number of hydrogen-bond donors (Lipinski definition) is 2. The summed E-state index contributed by atoms with van der Waals surface area (Å²) in [5.74, 6) is 3.39. The van der Waals surface area contributed by atoms with Crippen LogP contribution in [0.5, 0.6) is 0 Å². The Morgan fingerprint density at radius 2 is 2.21 bits per heavy atom. The van der Waals surface area contributed by atoms with Crippen molar-refractivity contribution in [1.82, 2.24) is 9.97 Å². The lowest BCUT2D eigenvalue weighted by atomic mass is 10.4. The van der Waals surface area contributed by atoms with Gasteiger partial charge in [-0.05, 0) is 26.0 Å². The molecule has 0 unspecified atom stereocenters. The SMILES string of the molecule is CCOCc1nc(N)cc(NCc2ccc(C)o2)n1. The Bertz CT molecular complexity index is 539. The molecule has 0 saturated heterocycles. The molecule has 0 aliphatic heterocycles. The largest absolute Gasteiger partial charge is 0.465 e. The van der Waals surface area contributed by atoms with E-state index in [0.717, 1.165) is 11.5 Å². The summed E-state index contributed by atoms with van der Waals surface area (Å²) < 4.78 is 10.7. The summed E-state index contributed by atoms with van der Waals surface area (Å²) in [7, 11) is 0. The summed E-state index contributed by atoms with van der Waals surface area (Å²) in [6, 6.07) is 5.53. The topological polar surface area (TPSA) is 86.2 Å². The third-order valence-corrected chi connectivity index (χ3v) is 2.47. The monoisotopic (exact) mass is 262 g/mol. The van der Waals surface area contributed by atoms with Crippen molar-refractivity contribution in [3.8, 4) is 0 Å².